The predicted octanol–water partition coefficient (Wildman–Crippen LogP) is 3.23. The average molecular weight is 426 g/mol. The standard InChI is InChI=1S/C20H24ClNO5S/c1-3-26-9-10-27-14-16-6-4-5-15(11-16)13-22-20(23)18-12-17(28(2,24)25)7-8-19(18)21/h4-8,11-12H,3,9-10,13-14H2,1-2H3,(H,22,23). The number of halogens is 1. The second kappa shape index (κ2) is 10.6. The molecule has 0 spiro atoms. The number of nitrogens with one attached hydrogen (secondary N) is 1. The maximum Gasteiger partial charge on any atom is 0.253 e. The van der Waals surface area contributed by atoms with Crippen LogP contribution >= 0.6 is 11.6 Å². The van der Waals surface area contributed by atoms with Crippen LogP contribution in [0.25, 0.3) is 0 Å². The minimum Gasteiger partial charge on any atom is -0.379 e. The zero-order valence-corrected chi connectivity index (χ0v) is 17.5. The number of ether oxygens (including phenoxy) is 2. The van der Waals surface area contributed by atoms with Gasteiger partial charge in [0.1, 0.15) is 0 Å². The van der Waals surface area contributed by atoms with E-state index >= 15 is 0 Å². The van der Waals surface area contributed by atoms with Gasteiger partial charge in [-0.05, 0) is 36.2 Å². The van der Waals surface area contributed by atoms with E-state index in [9.17, 15) is 13.2 Å². The number of benzene rings is 2. The van der Waals surface area contributed by atoms with Crippen molar-refractivity contribution in [1.29, 1.82) is 0 Å². The van der Waals surface area contributed by atoms with Crippen LogP contribution in [0.15, 0.2) is 47.4 Å². The Morgan fingerprint density at radius 2 is 1.79 bits per heavy atom. The van der Waals surface area contributed by atoms with Gasteiger partial charge in [0.2, 0.25) is 0 Å². The molecule has 152 valence electrons. The summed E-state index contributed by atoms with van der Waals surface area (Å²) in [4.78, 5) is 12.5. The number of hydrogen-bond donors (Lipinski definition) is 1. The minimum absolute atomic E-state index is 0.0493. The van der Waals surface area contributed by atoms with Gasteiger partial charge in [-0.1, -0.05) is 35.9 Å². The molecular weight excluding hydrogens is 402 g/mol. The van der Waals surface area contributed by atoms with Crippen molar-refractivity contribution in [2.75, 3.05) is 26.1 Å². The first-order valence-electron chi connectivity index (χ1n) is 8.82. The summed E-state index contributed by atoms with van der Waals surface area (Å²) in [5.74, 6) is -0.436. The van der Waals surface area contributed by atoms with E-state index in [1.54, 1.807) is 0 Å². The molecule has 2 rings (SSSR count). The van der Waals surface area contributed by atoms with Gasteiger partial charge in [0.25, 0.3) is 5.91 Å². The number of sulfone groups is 1. The van der Waals surface area contributed by atoms with E-state index in [1.165, 1.54) is 18.2 Å². The van der Waals surface area contributed by atoms with Crippen molar-refractivity contribution < 1.29 is 22.7 Å². The molecule has 0 fully saturated rings. The number of hydrogen-bond acceptors (Lipinski definition) is 5. The van der Waals surface area contributed by atoms with Crippen LogP contribution in [0.4, 0.5) is 0 Å². The van der Waals surface area contributed by atoms with Crippen molar-refractivity contribution >= 4 is 27.3 Å². The molecule has 0 unspecified atom stereocenters. The van der Waals surface area contributed by atoms with Crippen molar-refractivity contribution in [3.05, 3.63) is 64.2 Å². The van der Waals surface area contributed by atoms with Crippen LogP contribution in [0.5, 0.6) is 0 Å². The van der Waals surface area contributed by atoms with Gasteiger partial charge in [0, 0.05) is 19.4 Å². The zero-order chi connectivity index (χ0) is 20.6. The summed E-state index contributed by atoms with van der Waals surface area (Å²) in [5.41, 5.74) is 2.01. The molecule has 28 heavy (non-hydrogen) atoms. The summed E-state index contributed by atoms with van der Waals surface area (Å²) < 4.78 is 34.1. The van der Waals surface area contributed by atoms with E-state index in [2.05, 4.69) is 5.32 Å². The molecule has 1 amide bonds. The second-order valence-corrected chi connectivity index (χ2v) is 8.59. The lowest BCUT2D eigenvalue weighted by molar-refractivity contribution is 0.0453. The third-order valence-corrected chi connectivity index (χ3v) is 5.34. The maximum atomic E-state index is 12.4. The van der Waals surface area contributed by atoms with Crippen molar-refractivity contribution in [3.63, 3.8) is 0 Å². The Balaban J connectivity index is 1.97. The van der Waals surface area contributed by atoms with Gasteiger partial charge in [-0.2, -0.15) is 0 Å². The topological polar surface area (TPSA) is 81.7 Å². The van der Waals surface area contributed by atoms with Gasteiger partial charge in [-0.3, -0.25) is 4.79 Å². The van der Waals surface area contributed by atoms with E-state index in [4.69, 9.17) is 21.1 Å². The van der Waals surface area contributed by atoms with Crippen LogP contribution in [0.1, 0.15) is 28.4 Å². The largest absolute Gasteiger partial charge is 0.379 e. The third kappa shape index (κ3) is 6.91. The second-order valence-electron chi connectivity index (χ2n) is 6.17. The molecule has 1 N–H and O–H groups in total. The van der Waals surface area contributed by atoms with E-state index in [0.29, 0.717) is 26.4 Å². The molecule has 6 nitrogen and oxygen atoms in total. The monoisotopic (exact) mass is 425 g/mol. The SMILES string of the molecule is CCOCCOCc1cccc(CNC(=O)c2cc(S(C)(=O)=O)ccc2Cl)c1. The average Bonchev–Trinajstić information content (AvgIpc) is 2.66. The molecule has 0 heterocycles. The summed E-state index contributed by atoms with van der Waals surface area (Å²) in [6.45, 7) is 4.41. The Hall–Kier alpha value is -1.93. The number of carbonyl (C=O) groups excluding carboxylic acids is 1. The van der Waals surface area contributed by atoms with Gasteiger partial charge >= 0.3 is 0 Å². The number of carbonyl (C=O) groups is 1. The van der Waals surface area contributed by atoms with E-state index in [-0.39, 0.29) is 22.0 Å². The molecule has 0 saturated heterocycles. The van der Waals surface area contributed by atoms with Crippen LogP contribution < -0.4 is 5.32 Å². The van der Waals surface area contributed by atoms with Gasteiger partial charge in [-0.15, -0.1) is 0 Å². The molecule has 0 saturated carbocycles. The van der Waals surface area contributed by atoms with Crippen LogP contribution in [0.2, 0.25) is 5.02 Å². The normalized spacial score (nSPS) is 11.4. The van der Waals surface area contributed by atoms with Crippen LogP contribution in [0, 0.1) is 0 Å². The predicted molar refractivity (Wildman–Crippen MR) is 108 cm³/mol. The van der Waals surface area contributed by atoms with Crippen molar-refractivity contribution in [2.45, 2.75) is 25.0 Å². The molecule has 0 atom stereocenters. The van der Waals surface area contributed by atoms with Crippen LogP contribution in [-0.2, 0) is 32.5 Å². The van der Waals surface area contributed by atoms with E-state index in [1.807, 2.05) is 31.2 Å². The molecule has 2 aromatic rings. The highest BCUT2D eigenvalue weighted by molar-refractivity contribution is 7.90. The summed E-state index contributed by atoms with van der Waals surface area (Å²) >= 11 is 6.06. The molecule has 0 aromatic heterocycles. The maximum absolute atomic E-state index is 12.4. The molecule has 2 aromatic carbocycles. The Morgan fingerprint density at radius 1 is 1.07 bits per heavy atom. The number of amides is 1. The van der Waals surface area contributed by atoms with Crippen molar-refractivity contribution in [2.24, 2.45) is 0 Å². The Labute approximate surface area is 170 Å². The third-order valence-electron chi connectivity index (χ3n) is 3.90. The fourth-order valence-corrected chi connectivity index (χ4v) is 3.32. The summed E-state index contributed by atoms with van der Waals surface area (Å²) in [7, 11) is -3.42. The minimum atomic E-state index is -3.42. The first-order chi connectivity index (χ1) is 13.3. The Bertz CT molecular complexity index is 915. The highest BCUT2D eigenvalue weighted by Crippen LogP contribution is 2.20. The van der Waals surface area contributed by atoms with Crippen molar-refractivity contribution in [3.8, 4) is 0 Å². The highest BCUT2D eigenvalue weighted by atomic mass is 35.5. The molecule has 0 aliphatic heterocycles. The summed E-state index contributed by atoms with van der Waals surface area (Å²) in [6.07, 6.45) is 1.08. The van der Waals surface area contributed by atoms with Gasteiger partial charge in [0.15, 0.2) is 9.84 Å². The van der Waals surface area contributed by atoms with E-state index in [0.717, 1.165) is 17.4 Å². The lowest BCUT2D eigenvalue weighted by Gasteiger charge is -2.10. The zero-order valence-electron chi connectivity index (χ0n) is 15.9. The van der Waals surface area contributed by atoms with Crippen LogP contribution in [0.3, 0.4) is 0 Å². The summed E-state index contributed by atoms with van der Waals surface area (Å²) in [6, 6.07) is 11.7. The molecular formula is C20H24ClNO5S. The smallest absolute Gasteiger partial charge is 0.253 e. The molecule has 0 bridgehead atoms. The number of rotatable bonds is 10. The van der Waals surface area contributed by atoms with Gasteiger partial charge < -0.3 is 14.8 Å². The lowest BCUT2D eigenvalue weighted by atomic mass is 10.1. The first-order valence-corrected chi connectivity index (χ1v) is 11.1. The Morgan fingerprint density at radius 3 is 2.50 bits per heavy atom. The highest BCUT2D eigenvalue weighted by Gasteiger charge is 2.15. The fourth-order valence-electron chi connectivity index (χ4n) is 2.47. The lowest BCUT2D eigenvalue weighted by Crippen LogP contribution is -2.23. The molecule has 0 radical (unpaired) electrons. The summed E-state index contributed by atoms with van der Waals surface area (Å²) in [5, 5.41) is 2.96. The van der Waals surface area contributed by atoms with E-state index < -0.39 is 15.7 Å². The van der Waals surface area contributed by atoms with Gasteiger partial charge in [-0.25, -0.2) is 8.42 Å². The Kier molecular flexibility index (Phi) is 8.44. The first kappa shape index (κ1) is 22.4. The fraction of sp³-hybridized carbons (Fsp3) is 0.350. The van der Waals surface area contributed by atoms with Gasteiger partial charge in [0.05, 0.1) is 35.3 Å². The molecule has 0 aliphatic carbocycles. The van der Waals surface area contributed by atoms with Crippen molar-refractivity contribution in [1.82, 2.24) is 5.32 Å². The quantitative estimate of drug-likeness (QED) is 0.591. The van der Waals surface area contributed by atoms with Crippen LogP contribution in [-0.4, -0.2) is 40.4 Å². The molecule has 8 heteroatoms. The molecule has 0 aliphatic rings.